The first-order valence-corrected chi connectivity index (χ1v) is 4.96. The molecule has 0 aliphatic rings. The molecule has 0 amide bonds. The molecule has 3 heteroatoms. The molecule has 15 heavy (non-hydrogen) atoms. The van der Waals surface area contributed by atoms with Gasteiger partial charge in [-0.15, -0.1) is 5.92 Å². The highest BCUT2D eigenvalue weighted by atomic mass is 15.1. The van der Waals surface area contributed by atoms with E-state index in [9.17, 15) is 0 Å². The Hall–Kier alpha value is -1.53. The minimum Gasteiger partial charge on any atom is -0.377 e. The predicted molar refractivity (Wildman–Crippen MR) is 63.7 cm³/mol. The van der Waals surface area contributed by atoms with Crippen molar-refractivity contribution in [2.45, 2.75) is 13.5 Å². The third-order valence-corrected chi connectivity index (χ3v) is 2.07. The molecule has 0 saturated carbocycles. The first kappa shape index (κ1) is 11.5. The number of hydrogen-bond acceptors (Lipinski definition) is 3. The summed E-state index contributed by atoms with van der Waals surface area (Å²) in [7, 11) is 4.06. The van der Waals surface area contributed by atoms with Crippen molar-refractivity contribution in [3.8, 4) is 11.8 Å². The van der Waals surface area contributed by atoms with Crippen LogP contribution in [0.2, 0.25) is 0 Å². The van der Waals surface area contributed by atoms with Crippen LogP contribution in [-0.2, 0) is 6.54 Å². The fourth-order valence-electron chi connectivity index (χ4n) is 1.34. The zero-order valence-corrected chi connectivity index (χ0v) is 9.54. The largest absolute Gasteiger partial charge is 0.377 e. The van der Waals surface area contributed by atoms with Gasteiger partial charge in [0, 0.05) is 44.3 Å². The van der Waals surface area contributed by atoms with Crippen LogP contribution in [0.5, 0.6) is 0 Å². The van der Waals surface area contributed by atoms with Crippen molar-refractivity contribution < 1.29 is 0 Å². The van der Waals surface area contributed by atoms with Gasteiger partial charge < -0.3 is 10.2 Å². The smallest absolute Gasteiger partial charge is 0.0579 e. The minimum atomic E-state index is 0.720. The quantitative estimate of drug-likeness (QED) is 0.590. The monoisotopic (exact) mass is 203 g/mol. The Morgan fingerprint density at radius 2 is 2.27 bits per heavy atom. The molecule has 80 valence electrons. The zero-order chi connectivity index (χ0) is 11.1. The van der Waals surface area contributed by atoms with E-state index in [1.54, 1.807) is 0 Å². The number of rotatable bonds is 4. The van der Waals surface area contributed by atoms with E-state index >= 15 is 0 Å². The average molecular weight is 203 g/mol. The van der Waals surface area contributed by atoms with Gasteiger partial charge in [0.05, 0.1) is 6.54 Å². The maximum atomic E-state index is 4.12. The molecule has 0 fully saturated rings. The first-order chi connectivity index (χ1) is 7.25. The fraction of sp³-hybridized carbons (Fsp3) is 0.417. The van der Waals surface area contributed by atoms with Crippen molar-refractivity contribution >= 4 is 5.69 Å². The van der Waals surface area contributed by atoms with Crippen LogP contribution in [0, 0.1) is 11.8 Å². The van der Waals surface area contributed by atoms with Gasteiger partial charge in [0.1, 0.15) is 0 Å². The Balaban J connectivity index is 2.62. The number of anilines is 1. The highest BCUT2D eigenvalue weighted by Gasteiger charge is 2.02. The van der Waals surface area contributed by atoms with Crippen molar-refractivity contribution in [2.75, 3.05) is 25.5 Å². The van der Waals surface area contributed by atoms with Crippen molar-refractivity contribution in [1.82, 2.24) is 10.3 Å². The lowest BCUT2D eigenvalue weighted by atomic mass is 10.2. The lowest BCUT2D eigenvalue weighted by Gasteiger charge is -2.16. The first-order valence-electron chi connectivity index (χ1n) is 4.96. The van der Waals surface area contributed by atoms with E-state index in [1.807, 2.05) is 39.5 Å². The van der Waals surface area contributed by atoms with Crippen molar-refractivity contribution in [3.05, 3.63) is 24.0 Å². The number of nitrogens with zero attached hydrogens (tertiary/aromatic N) is 2. The molecule has 0 saturated heterocycles. The molecule has 0 radical (unpaired) electrons. The van der Waals surface area contributed by atoms with Gasteiger partial charge in [0.15, 0.2) is 0 Å². The minimum absolute atomic E-state index is 0.720. The van der Waals surface area contributed by atoms with Crippen molar-refractivity contribution in [1.29, 1.82) is 0 Å². The van der Waals surface area contributed by atoms with Crippen LogP contribution in [0.4, 0.5) is 5.69 Å². The zero-order valence-electron chi connectivity index (χ0n) is 9.54. The Morgan fingerprint density at radius 1 is 1.47 bits per heavy atom. The van der Waals surface area contributed by atoms with E-state index in [4.69, 9.17) is 0 Å². The van der Waals surface area contributed by atoms with Gasteiger partial charge in [-0.25, -0.2) is 0 Å². The normalized spacial score (nSPS) is 9.27. The van der Waals surface area contributed by atoms with Gasteiger partial charge in [-0.2, -0.15) is 0 Å². The van der Waals surface area contributed by atoms with E-state index in [0.29, 0.717) is 0 Å². The van der Waals surface area contributed by atoms with E-state index in [2.05, 4.69) is 27.0 Å². The predicted octanol–water partition coefficient (Wildman–Crippen LogP) is 1.26. The van der Waals surface area contributed by atoms with E-state index < -0.39 is 0 Å². The number of hydrogen-bond donors (Lipinski definition) is 1. The second-order valence-corrected chi connectivity index (χ2v) is 3.43. The molecule has 0 aliphatic carbocycles. The summed E-state index contributed by atoms with van der Waals surface area (Å²) in [6.07, 6.45) is 3.70. The van der Waals surface area contributed by atoms with Gasteiger partial charge in [0.25, 0.3) is 0 Å². The van der Waals surface area contributed by atoms with Gasteiger partial charge in [-0.3, -0.25) is 4.98 Å². The van der Waals surface area contributed by atoms with Crippen molar-refractivity contribution in [2.24, 2.45) is 0 Å². The Labute approximate surface area is 91.5 Å². The summed E-state index contributed by atoms with van der Waals surface area (Å²) in [5, 5.41) is 3.26. The molecule has 1 N–H and O–H groups in total. The number of pyridine rings is 1. The van der Waals surface area contributed by atoms with Crippen LogP contribution in [0.25, 0.3) is 0 Å². The molecule has 1 heterocycles. The van der Waals surface area contributed by atoms with Crippen LogP contribution in [0.3, 0.4) is 0 Å². The molecule has 1 aromatic rings. The Bertz CT molecular complexity index is 361. The van der Waals surface area contributed by atoms with Gasteiger partial charge in [-0.05, 0) is 13.0 Å². The summed E-state index contributed by atoms with van der Waals surface area (Å²) >= 11 is 0. The molecular weight excluding hydrogens is 186 g/mol. The standard InChI is InChI=1S/C12H17N3/c1-4-5-7-13-9-11-10-14-8-6-12(11)15(2)3/h6,8,10,13H,7,9H2,1-3H3. The number of nitrogens with one attached hydrogen (secondary N) is 1. The maximum Gasteiger partial charge on any atom is 0.0579 e. The lowest BCUT2D eigenvalue weighted by molar-refractivity contribution is 0.764. The van der Waals surface area contributed by atoms with Gasteiger partial charge >= 0.3 is 0 Å². The van der Waals surface area contributed by atoms with Crippen molar-refractivity contribution in [3.63, 3.8) is 0 Å². The Kier molecular flexibility index (Phi) is 4.65. The molecule has 0 atom stereocenters. The highest BCUT2D eigenvalue weighted by Crippen LogP contribution is 2.15. The molecule has 1 rings (SSSR count). The van der Waals surface area contributed by atoms with E-state index in [-0.39, 0.29) is 0 Å². The van der Waals surface area contributed by atoms with Crippen LogP contribution < -0.4 is 10.2 Å². The summed E-state index contributed by atoms with van der Waals surface area (Å²) in [6, 6.07) is 2.02. The second-order valence-electron chi connectivity index (χ2n) is 3.43. The molecule has 0 aromatic carbocycles. The molecule has 3 nitrogen and oxygen atoms in total. The van der Waals surface area contributed by atoms with Crippen LogP contribution in [0.15, 0.2) is 18.5 Å². The summed E-state index contributed by atoms with van der Waals surface area (Å²) in [4.78, 5) is 6.21. The third-order valence-electron chi connectivity index (χ3n) is 2.07. The van der Waals surface area contributed by atoms with E-state index in [1.165, 1.54) is 11.3 Å². The summed E-state index contributed by atoms with van der Waals surface area (Å²) in [5.41, 5.74) is 2.39. The van der Waals surface area contributed by atoms with Crippen LogP contribution >= 0.6 is 0 Å². The molecule has 0 unspecified atom stereocenters. The highest BCUT2D eigenvalue weighted by molar-refractivity contribution is 5.50. The lowest BCUT2D eigenvalue weighted by Crippen LogP contribution is -2.17. The molecule has 0 bridgehead atoms. The molecule has 0 spiro atoms. The topological polar surface area (TPSA) is 28.2 Å². The average Bonchev–Trinajstić information content (AvgIpc) is 2.25. The molecule has 0 aliphatic heterocycles. The SMILES string of the molecule is CC#CCNCc1cnccc1N(C)C. The maximum absolute atomic E-state index is 4.12. The second kappa shape index (κ2) is 6.05. The summed E-state index contributed by atoms with van der Waals surface area (Å²) < 4.78 is 0. The van der Waals surface area contributed by atoms with Gasteiger partial charge in [0.2, 0.25) is 0 Å². The summed E-state index contributed by atoms with van der Waals surface area (Å²) in [5.74, 6) is 5.82. The fourth-order valence-corrected chi connectivity index (χ4v) is 1.34. The van der Waals surface area contributed by atoms with Crippen LogP contribution in [0.1, 0.15) is 12.5 Å². The third kappa shape index (κ3) is 3.61. The van der Waals surface area contributed by atoms with Gasteiger partial charge in [-0.1, -0.05) is 5.92 Å². The number of aromatic nitrogens is 1. The van der Waals surface area contributed by atoms with E-state index in [0.717, 1.165) is 13.1 Å². The Morgan fingerprint density at radius 3 is 2.93 bits per heavy atom. The van der Waals surface area contributed by atoms with Crippen LogP contribution in [-0.4, -0.2) is 25.6 Å². The molecule has 1 aromatic heterocycles. The molecular formula is C12H17N3. The summed E-state index contributed by atoms with van der Waals surface area (Å²) in [6.45, 7) is 3.37.